The number of aliphatic hydroxyl groups excluding tert-OH is 1. The molecule has 0 bridgehead atoms. The van der Waals surface area contributed by atoms with Gasteiger partial charge in [0, 0.05) is 13.7 Å². The highest BCUT2D eigenvalue weighted by atomic mass is 16.6. The second kappa shape index (κ2) is 14.1. The zero-order chi connectivity index (χ0) is 20.0. The predicted octanol–water partition coefficient (Wildman–Crippen LogP) is 4.92. The van der Waals surface area contributed by atoms with Crippen LogP contribution in [0.4, 0.5) is 0 Å². The molecule has 0 aromatic heterocycles. The predicted molar refractivity (Wildman–Crippen MR) is 114 cm³/mol. The monoisotopic (exact) mass is 392 g/mol. The van der Waals surface area contributed by atoms with E-state index in [-0.39, 0.29) is 18.3 Å². The molecule has 1 aliphatic rings. The van der Waals surface area contributed by atoms with Crippen molar-refractivity contribution in [2.45, 2.75) is 95.5 Å². The van der Waals surface area contributed by atoms with Crippen LogP contribution in [0.3, 0.4) is 0 Å². The van der Waals surface area contributed by atoms with Crippen molar-refractivity contribution in [1.82, 2.24) is 0 Å². The number of rotatable bonds is 14. The topological polar surface area (TPSA) is 47.9 Å². The number of benzene rings is 1. The van der Waals surface area contributed by atoms with Crippen molar-refractivity contribution in [3.63, 3.8) is 0 Å². The fourth-order valence-corrected chi connectivity index (χ4v) is 3.99. The normalized spacial score (nSPS) is 25.1. The number of hydrogen-bond donors (Lipinski definition) is 1. The van der Waals surface area contributed by atoms with Crippen molar-refractivity contribution in [2.24, 2.45) is 0 Å². The molecule has 0 unspecified atom stereocenters. The molecular formula is C24H40O4. The molecule has 1 aromatic rings. The van der Waals surface area contributed by atoms with Crippen LogP contribution in [-0.2, 0) is 20.6 Å². The first kappa shape index (κ1) is 23.3. The number of unbranched alkanes of at least 4 members (excludes halogenated alkanes) is 6. The molecule has 1 heterocycles. The first-order valence-electron chi connectivity index (χ1n) is 11.2. The molecule has 0 spiro atoms. The molecule has 0 aliphatic carbocycles. The van der Waals surface area contributed by atoms with E-state index >= 15 is 0 Å². The molecule has 0 saturated carbocycles. The standard InChI is InChI=1S/C24H40O4/c1-3-4-5-6-7-8-12-17-21-23(25)24(26-2)22(19-28-21)27-18-13-16-20-14-10-9-11-15-20/h9-11,14-15,21-25H,3-8,12-13,16-19H2,1-2H3/t21-,22+,23-,24+/m0/s1. The maximum Gasteiger partial charge on any atom is 0.114 e. The molecule has 0 radical (unpaired) electrons. The third kappa shape index (κ3) is 8.20. The molecular weight excluding hydrogens is 352 g/mol. The third-order valence-corrected chi connectivity index (χ3v) is 5.71. The van der Waals surface area contributed by atoms with Crippen LogP contribution in [0.25, 0.3) is 0 Å². The van der Waals surface area contributed by atoms with Gasteiger partial charge in [-0.05, 0) is 24.8 Å². The smallest absolute Gasteiger partial charge is 0.114 e. The lowest BCUT2D eigenvalue weighted by molar-refractivity contribution is -0.211. The highest BCUT2D eigenvalue weighted by Gasteiger charge is 2.39. The van der Waals surface area contributed by atoms with E-state index in [9.17, 15) is 5.11 Å². The van der Waals surface area contributed by atoms with Gasteiger partial charge in [-0.15, -0.1) is 0 Å². The van der Waals surface area contributed by atoms with E-state index in [1.54, 1.807) is 7.11 Å². The summed E-state index contributed by atoms with van der Waals surface area (Å²) in [6.45, 7) is 3.40. The summed E-state index contributed by atoms with van der Waals surface area (Å²) in [5.41, 5.74) is 1.32. The number of ether oxygens (including phenoxy) is 3. The summed E-state index contributed by atoms with van der Waals surface area (Å²) < 4.78 is 17.5. The largest absolute Gasteiger partial charge is 0.388 e. The zero-order valence-corrected chi connectivity index (χ0v) is 17.9. The summed E-state index contributed by atoms with van der Waals surface area (Å²) in [5, 5.41) is 10.7. The molecule has 1 aliphatic heterocycles. The van der Waals surface area contributed by atoms with Crippen LogP contribution < -0.4 is 0 Å². The van der Waals surface area contributed by atoms with Crippen molar-refractivity contribution in [3.8, 4) is 0 Å². The van der Waals surface area contributed by atoms with Crippen LogP contribution in [-0.4, -0.2) is 49.8 Å². The Morgan fingerprint density at radius 3 is 2.43 bits per heavy atom. The van der Waals surface area contributed by atoms with Crippen molar-refractivity contribution < 1.29 is 19.3 Å². The number of methoxy groups -OCH3 is 1. The molecule has 4 nitrogen and oxygen atoms in total. The maximum atomic E-state index is 10.7. The lowest BCUT2D eigenvalue weighted by Gasteiger charge is -2.39. The van der Waals surface area contributed by atoms with Crippen molar-refractivity contribution >= 4 is 0 Å². The fourth-order valence-electron chi connectivity index (χ4n) is 3.99. The summed E-state index contributed by atoms with van der Waals surface area (Å²) in [6, 6.07) is 10.4. The van der Waals surface area contributed by atoms with Gasteiger partial charge in [0.25, 0.3) is 0 Å². The second-order valence-corrected chi connectivity index (χ2v) is 7.97. The molecule has 4 heteroatoms. The minimum absolute atomic E-state index is 0.134. The minimum Gasteiger partial charge on any atom is -0.388 e. The van der Waals surface area contributed by atoms with E-state index in [2.05, 4.69) is 31.2 Å². The molecule has 0 amide bonds. The van der Waals surface area contributed by atoms with Crippen LogP contribution in [0.1, 0.15) is 70.3 Å². The highest BCUT2D eigenvalue weighted by Crippen LogP contribution is 2.24. The number of aliphatic hydroxyl groups is 1. The summed E-state index contributed by atoms with van der Waals surface area (Å²) in [5.74, 6) is 0. The van der Waals surface area contributed by atoms with Gasteiger partial charge >= 0.3 is 0 Å². The Kier molecular flexibility index (Phi) is 11.8. The Morgan fingerprint density at radius 2 is 1.71 bits per heavy atom. The van der Waals surface area contributed by atoms with Crippen LogP contribution in [0, 0.1) is 0 Å². The Hall–Kier alpha value is -0.940. The lowest BCUT2D eigenvalue weighted by atomic mass is 9.95. The Labute approximate surface area is 171 Å². The molecule has 4 atom stereocenters. The van der Waals surface area contributed by atoms with Crippen molar-refractivity contribution in [3.05, 3.63) is 35.9 Å². The van der Waals surface area contributed by atoms with Crippen LogP contribution >= 0.6 is 0 Å². The molecule has 1 aromatic carbocycles. The van der Waals surface area contributed by atoms with Gasteiger partial charge in [-0.3, -0.25) is 0 Å². The van der Waals surface area contributed by atoms with Gasteiger partial charge in [0.15, 0.2) is 0 Å². The zero-order valence-electron chi connectivity index (χ0n) is 17.9. The molecule has 1 N–H and O–H groups in total. The summed E-state index contributed by atoms with van der Waals surface area (Å²) in [6.07, 6.45) is 10.5. The van der Waals surface area contributed by atoms with E-state index in [4.69, 9.17) is 14.2 Å². The molecule has 28 heavy (non-hydrogen) atoms. The Bertz CT molecular complexity index is 493. The molecule has 2 rings (SSSR count). The Balaban J connectivity index is 1.63. The van der Waals surface area contributed by atoms with Crippen LogP contribution in [0.5, 0.6) is 0 Å². The lowest BCUT2D eigenvalue weighted by Crippen LogP contribution is -2.54. The van der Waals surface area contributed by atoms with Crippen LogP contribution in [0.15, 0.2) is 30.3 Å². The van der Waals surface area contributed by atoms with E-state index < -0.39 is 6.10 Å². The second-order valence-electron chi connectivity index (χ2n) is 7.97. The summed E-state index contributed by atoms with van der Waals surface area (Å²) >= 11 is 0. The average Bonchev–Trinajstić information content (AvgIpc) is 2.72. The van der Waals surface area contributed by atoms with E-state index in [1.165, 1.54) is 44.1 Å². The van der Waals surface area contributed by atoms with E-state index in [0.29, 0.717) is 13.2 Å². The molecule has 160 valence electrons. The minimum atomic E-state index is -0.613. The van der Waals surface area contributed by atoms with Gasteiger partial charge in [0.05, 0.1) is 12.7 Å². The van der Waals surface area contributed by atoms with Gasteiger partial charge in [-0.2, -0.15) is 0 Å². The number of aryl methyl sites for hydroxylation is 1. The van der Waals surface area contributed by atoms with Gasteiger partial charge in [0.1, 0.15) is 18.3 Å². The quantitative estimate of drug-likeness (QED) is 0.457. The first-order valence-corrected chi connectivity index (χ1v) is 11.2. The molecule has 1 fully saturated rings. The SMILES string of the molecule is CCCCCCCCC[C@@H]1OC[C@@H](OCCCc2ccccc2)[C@@H](OC)[C@H]1O. The van der Waals surface area contributed by atoms with Crippen LogP contribution in [0.2, 0.25) is 0 Å². The van der Waals surface area contributed by atoms with E-state index in [0.717, 1.165) is 25.7 Å². The van der Waals surface area contributed by atoms with Gasteiger partial charge in [-0.1, -0.05) is 82.2 Å². The van der Waals surface area contributed by atoms with Crippen molar-refractivity contribution in [1.29, 1.82) is 0 Å². The maximum absolute atomic E-state index is 10.7. The summed E-state index contributed by atoms with van der Waals surface area (Å²) in [4.78, 5) is 0. The van der Waals surface area contributed by atoms with Crippen molar-refractivity contribution in [2.75, 3.05) is 20.3 Å². The number of hydrogen-bond acceptors (Lipinski definition) is 4. The van der Waals surface area contributed by atoms with Gasteiger partial charge in [-0.25, -0.2) is 0 Å². The first-order chi connectivity index (χ1) is 13.8. The Morgan fingerprint density at radius 1 is 1.00 bits per heavy atom. The fraction of sp³-hybridized carbons (Fsp3) is 0.750. The molecule has 1 saturated heterocycles. The summed E-state index contributed by atoms with van der Waals surface area (Å²) in [7, 11) is 1.66. The average molecular weight is 393 g/mol. The van der Waals surface area contributed by atoms with Gasteiger partial charge in [0.2, 0.25) is 0 Å². The van der Waals surface area contributed by atoms with E-state index in [1.807, 2.05) is 6.07 Å². The third-order valence-electron chi connectivity index (χ3n) is 5.71. The van der Waals surface area contributed by atoms with Gasteiger partial charge < -0.3 is 19.3 Å². The highest BCUT2D eigenvalue weighted by molar-refractivity contribution is 5.14.